The number of para-hydroxylation sites is 1. The van der Waals surface area contributed by atoms with Gasteiger partial charge in [0.15, 0.2) is 42.9 Å². The third kappa shape index (κ3) is 11.8. The molecule has 0 aliphatic carbocycles. The van der Waals surface area contributed by atoms with Crippen LogP contribution in [0.15, 0.2) is 42.5 Å². The van der Waals surface area contributed by atoms with E-state index in [2.05, 4.69) is 42.2 Å². The lowest BCUT2D eigenvalue weighted by atomic mass is 10.0. The highest BCUT2D eigenvalue weighted by Gasteiger charge is 2.28. The summed E-state index contributed by atoms with van der Waals surface area (Å²) < 4.78 is 22.1. The van der Waals surface area contributed by atoms with Crippen LogP contribution in [-0.4, -0.2) is 96.6 Å². The topological polar surface area (TPSA) is 154 Å². The summed E-state index contributed by atoms with van der Waals surface area (Å²) in [5, 5.41) is 23.8. The Bertz CT molecular complexity index is 2390. The van der Waals surface area contributed by atoms with Crippen LogP contribution < -0.4 is 15.0 Å². The van der Waals surface area contributed by atoms with Crippen molar-refractivity contribution in [3.8, 4) is 17.6 Å². The fraction of sp³-hybridized carbons (Fsp3) is 0.432. The van der Waals surface area contributed by atoms with Gasteiger partial charge in [0.25, 0.3) is 0 Å². The summed E-state index contributed by atoms with van der Waals surface area (Å²) in [6, 6.07) is 12.6. The van der Waals surface area contributed by atoms with Crippen molar-refractivity contribution in [1.29, 1.82) is 0 Å². The van der Waals surface area contributed by atoms with Gasteiger partial charge in [0.05, 0.1) is 23.4 Å². The van der Waals surface area contributed by atoms with E-state index in [1.54, 1.807) is 23.5 Å². The fourth-order valence-electron chi connectivity index (χ4n) is 7.45. The third-order valence-corrected chi connectivity index (χ3v) is 13.4. The molecule has 5 heterocycles. The van der Waals surface area contributed by atoms with Gasteiger partial charge in [0.1, 0.15) is 0 Å². The van der Waals surface area contributed by atoms with E-state index in [1.807, 2.05) is 63.6 Å². The Morgan fingerprint density at radius 2 is 1.74 bits per heavy atom. The standard InChI is InChI=1S/C44H48FIN8O5S2/c1-29-31-13-10-22-54(41(31)51-50-40(29)49-43-47-33-14-7-8-15-35(33)60-43)44-48-39(42(57)58)36(61-44)16-11-27-59-34-20-19-30(28-32(34)45)12-9-21-52-23-25-53(26-24-52)38(56)18-6-4-2-3-5-17-37(46)55/h7-8,14-15,19-20,28H,2-6,10-11,13,16-18,21-27H2,1H3,(H,57,58)(H,47,49,50). The SMILES string of the molecule is Cc1c(Nc2nc3ccccc3s2)nnc2c1CCCN2c1nc(C(=O)O)c(CCCOc2ccc(C#CCN3CCN(C(=O)CCCCCCCC(=O)I)CC3)cc2F)s1. The zero-order chi connectivity index (χ0) is 42.7. The maximum absolute atomic E-state index is 15.0. The van der Waals surface area contributed by atoms with Gasteiger partial charge in [-0.05, 0) is 98.4 Å². The van der Waals surface area contributed by atoms with Crippen molar-refractivity contribution in [2.24, 2.45) is 0 Å². The number of thiazole rings is 2. The molecule has 2 aliphatic rings. The summed E-state index contributed by atoms with van der Waals surface area (Å²) in [5.74, 6) is 6.18. The highest BCUT2D eigenvalue weighted by molar-refractivity contribution is 14.1. The summed E-state index contributed by atoms with van der Waals surface area (Å²) in [6.45, 7) is 6.20. The third-order valence-electron chi connectivity index (χ3n) is 10.8. The van der Waals surface area contributed by atoms with Gasteiger partial charge in [-0.3, -0.25) is 14.5 Å². The minimum Gasteiger partial charge on any atom is -0.491 e. The van der Waals surface area contributed by atoms with E-state index >= 15 is 4.39 Å². The van der Waals surface area contributed by atoms with Gasteiger partial charge in [0, 0.05) is 67.1 Å². The van der Waals surface area contributed by atoms with Gasteiger partial charge in [-0.2, -0.15) is 0 Å². The van der Waals surface area contributed by atoms with Crippen LogP contribution in [0, 0.1) is 24.6 Å². The van der Waals surface area contributed by atoms with Crippen LogP contribution in [0.2, 0.25) is 0 Å². The van der Waals surface area contributed by atoms with Crippen molar-refractivity contribution in [2.45, 2.75) is 77.6 Å². The quantitative estimate of drug-likeness (QED) is 0.0374. The Kier molecular flexibility index (Phi) is 15.5. The average Bonchev–Trinajstić information content (AvgIpc) is 3.88. The number of carbonyl (C=O) groups excluding carboxylic acids is 2. The van der Waals surface area contributed by atoms with Gasteiger partial charge < -0.3 is 25.0 Å². The number of halogens is 2. The molecule has 17 heteroatoms. The van der Waals surface area contributed by atoms with E-state index in [1.165, 1.54) is 17.4 Å². The minimum atomic E-state index is -1.11. The Morgan fingerprint density at radius 1 is 0.951 bits per heavy atom. The molecule has 2 aromatic carbocycles. The number of aromatic carboxylic acids is 1. The van der Waals surface area contributed by atoms with E-state index in [-0.39, 0.29) is 27.7 Å². The summed E-state index contributed by atoms with van der Waals surface area (Å²) in [6.07, 6.45) is 8.60. The van der Waals surface area contributed by atoms with Crippen LogP contribution >= 0.6 is 45.3 Å². The molecule has 13 nitrogen and oxygen atoms in total. The number of anilines is 4. The molecule has 0 unspecified atom stereocenters. The zero-order valence-corrected chi connectivity index (χ0v) is 37.8. The normalized spacial score (nSPS) is 14.1. The van der Waals surface area contributed by atoms with Crippen LogP contribution in [-0.2, 0) is 22.4 Å². The lowest BCUT2D eigenvalue weighted by Crippen LogP contribution is -2.48. The molecule has 2 aliphatic heterocycles. The first-order valence-electron chi connectivity index (χ1n) is 20.7. The number of nitrogens with zero attached hydrogens (tertiary/aromatic N) is 7. The van der Waals surface area contributed by atoms with Crippen LogP contribution in [0.5, 0.6) is 5.75 Å². The Labute approximate surface area is 376 Å². The molecule has 0 atom stereocenters. The number of carboxylic acid groups (broad SMARTS) is 1. The van der Waals surface area contributed by atoms with Gasteiger partial charge in [-0.1, -0.05) is 54.6 Å². The zero-order valence-electron chi connectivity index (χ0n) is 34.1. The van der Waals surface area contributed by atoms with Crippen LogP contribution in [0.4, 0.5) is 26.3 Å². The smallest absolute Gasteiger partial charge is 0.355 e. The van der Waals surface area contributed by atoms with Crippen LogP contribution in [0.1, 0.15) is 89.8 Å². The molecule has 1 amide bonds. The van der Waals surface area contributed by atoms with E-state index in [0.29, 0.717) is 79.1 Å². The number of benzene rings is 2. The van der Waals surface area contributed by atoms with Crippen molar-refractivity contribution in [1.82, 2.24) is 30.0 Å². The second-order valence-electron chi connectivity index (χ2n) is 15.1. The molecule has 1 fully saturated rings. The Morgan fingerprint density at radius 3 is 2.51 bits per heavy atom. The monoisotopic (exact) mass is 978 g/mol. The molecule has 1 saturated heterocycles. The van der Waals surface area contributed by atoms with Crippen molar-refractivity contribution < 1.29 is 28.6 Å². The number of carbonyl (C=O) groups is 3. The molecule has 61 heavy (non-hydrogen) atoms. The van der Waals surface area contributed by atoms with Crippen molar-refractivity contribution in [2.75, 3.05) is 56.1 Å². The van der Waals surface area contributed by atoms with Gasteiger partial charge in [-0.25, -0.2) is 19.2 Å². The lowest BCUT2D eigenvalue weighted by Gasteiger charge is -2.33. The molecule has 0 saturated carbocycles. The summed E-state index contributed by atoms with van der Waals surface area (Å²) >= 11 is 4.71. The molecule has 320 valence electrons. The number of hydrogen-bond donors (Lipinski definition) is 2. The number of carboxylic acids is 1. The molecule has 5 aromatic rings. The Balaban J connectivity index is 0.862. The number of amides is 1. The number of nitrogens with one attached hydrogen (secondary N) is 1. The maximum Gasteiger partial charge on any atom is 0.355 e. The minimum absolute atomic E-state index is 0.00383. The molecule has 7 rings (SSSR count). The number of piperazine rings is 1. The molecule has 0 spiro atoms. The van der Waals surface area contributed by atoms with Gasteiger partial charge in [-0.15, -0.1) is 21.5 Å². The van der Waals surface area contributed by atoms with Crippen molar-refractivity contribution in [3.05, 3.63) is 75.5 Å². The number of aromatic nitrogens is 4. The number of fused-ring (bicyclic) bond motifs is 2. The molecule has 3 aromatic heterocycles. The first-order chi connectivity index (χ1) is 29.6. The number of unbranched alkanes of at least 4 members (excludes halogenated alkanes) is 4. The number of ether oxygens (including phenoxy) is 1. The largest absolute Gasteiger partial charge is 0.491 e. The average molecular weight is 979 g/mol. The summed E-state index contributed by atoms with van der Waals surface area (Å²) in [5.41, 5.74) is 3.45. The molecule has 0 radical (unpaired) electrons. The first-order valence-corrected chi connectivity index (χ1v) is 23.4. The molecule has 2 N–H and O–H groups in total. The number of rotatable bonds is 18. The second kappa shape index (κ2) is 21.3. The van der Waals surface area contributed by atoms with Crippen LogP contribution in [0.25, 0.3) is 10.2 Å². The summed E-state index contributed by atoms with van der Waals surface area (Å²) in [7, 11) is 0. The van der Waals surface area contributed by atoms with Gasteiger partial charge in [0.2, 0.25) is 5.91 Å². The van der Waals surface area contributed by atoms with Crippen molar-refractivity contribution in [3.63, 3.8) is 0 Å². The van der Waals surface area contributed by atoms with Crippen molar-refractivity contribution >= 4 is 93.0 Å². The van der Waals surface area contributed by atoms with E-state index in [9.17, 15) is 19.5 Å². The van der Waals surface area contributed by atoms with E-state index in [4.69, 9.17) is 4.74 Å². The van der Waals surface area contributed by atoms with E-state index < -0.39 is 11.8 Å². The second-order valence-corrected chi connectivity index (χ2v) is 18.4. The maximum atomic E-state index is 15.0. The molecular formula is C44H48FIN8O5S2. The predicted molar refractivity (Wildman–Crippen MR) is 246 cm³/mol. The lowest BCUT2D eigenvalue weighted by molar-refractivity contribution is -0.133. The highest BCUT2D eigenvalue weighted by atomic mass is 127. The van der Waals surface area contributed by atoms with Gasteiger partial charge >= 0.3 is 5.97 Å². The first kappa shape index (κ1) is 44.3. The highest BCUT2D eigenvalue weighted by Crippen LogP contribution is 2.39. The van der Waals surface area contributed by atoms with Crippen LogP contribution in [0.3, 0.4) is 0 Å². The predicted octanol–water partition coefficient (Wildman–Crippen LogP) is 8.72. The molecular weight excluding hydrogens is 931 g/mol. The summed E-state index contributed by atoms with van der Waals surface area (Å²) in [4.78, 5) is 51.9. The molecule has 0 bridgehead atoms. The number of hydrogen-bond acceptors (Lipinski definition) is 13. The Hall–Kier alpha value is -4.77. The fourth-order valence-corrected chi connectivity index (χ4v) is 9.82. The van der Waals surface area contributed by atoms with E-state index in [0.717, 1.165) is 84.5 Å². The number of aryl methyl sites for hydroxylation is 1.